The molecule has 0 aliphatic carbocycles. The molecule has 1 aromatic rings. The number of aryl methyl sites for hydroxylation is 1. The quantitative estimate of drug-likeness (QED) is 0.796. The van der Waals surface area contributed by atoms with Crippen molar-refractivity contribution >= 4 is 11.8 Å². The van der Waals surface area contributed by atoms with Crippen molar-refractivity contribution in [2.24, 2.45) is 0 Å². The second-order valence-corrected chi connectivity index (χ2v) is 7.05. The minimum Gasteiger partial charge on any atom is -0.335 e. The molecule has 0 bridgehead atoms. The predicted molar refractivity (Wildman–Crippen MR) is 88.4 cm³/mol. The van der Waals surface area contributed by atoms with Gasteiger partial charge in [0.05, 0.1) is 0 Å². The molecule has 0 saturated carbocycles. The van der Waals surface area contributed by atoms with Gasteiger partial charge in [-0.05, 0) is 38.0 Å². The van der Waals surface area contributed by atoms with Gasteiger partial charge in [0, 0.05) is 36.7 Å². The van der Waals surface area contributed by atoms with Crippen LogP contribution in [0.15, 0.2) is 12.4 Å². The van der Waals surface area contributed by atoms with E-state index in [0.29, 0.717) is 6.04 Å². The number of thioether (sulfide) groups is 1. The first-order chi connectivity index (χ1) is 9.85. The number of nitrogens with one attached hydrogen (secondary N) is 1. The average molecular weight is 295 g/mol. The third kappa shape index (κ3) is 4.52. The predicted octanol–water partition coefficient (Wildman–Crippen LogP) is 3.49. The zero-order valence-electron chi connectivity index (χ0n) is 13.0. The van der Waals surface area contributed by atoms with Crippen LogP contribution in [0.2, 0.25) is 0 Å². The first kappa shape index (κ1) is 15.9. The van der Waals surface area contributed by atoms with Gasteiger partial charge in [-0.3, -0.25) is 0 Å². The molecule has 1 aliphatic rings. The van der Waals surface area contributed by atoms with Gasteiger partial charge in [0.2, 0.25) is 0 Å². The fourth-order valence-electron chi connectivity index (χ4n) is 2.92. The van der Waals surface area contributed by atoms with E-state index in [9.17, 15) is 0 Å². The van der Waals surface area contributed by atoms with E-state index >= 15 is 0 Å². The Kier molecular flexibility index (Phi) is 6.94. The molecule has 2 unspecified atom stereocenters. The smallest absolute Gasteiger partial charge is 0.110 e. The van der Waals surface area contributed by atoms with Gasteiger partial charge >= 0.3 is 0 Å². The molecule has 1 aliphatic heterocycles. The summed E-state index contributed by atoms with van der Waals surface area (Å²) in [6.07, 6.45) is 11.7. The first-order valence-electron chi connectivity index (χ1n) is 8.20. The van der Waals surface area contributed by atoms with E-state index in [1.807, 2.05) is 6.20 Å². The number of hydrogen-bond acceptors (Lipinski definition) is 3. The van der Waals surface area contributed by atoms with Crippen molar-refractivity contribution in [1.82, 2.24) is 14.9 Å². The molecule has 1 aromatic heterocycles. The van der Waals surface area contributed by atoms with E-state index in [4.69, 9.17) is 0 Å². The highest BCUT2D eigenvalue weighted by molar-refractivity contribution is 8.00. The number of imidazole rings is 1. The second kappa shape index (κ2) is 8.73. The Balaban J connectivity index is 1.99. The lowest BCUT2D eigenvalue weighted by Crippen LogP contribution is -2.42. The SMILES string of the molecule is CCCNC(Cc1nccn1CCC)C1CCCCS1. The van der Waals surface area contributed by atoms with E-state index in [-0.39, 0.29) is 0 Å². The van der Waals surface area contributed by atoms with Crippen molar-refractivity contribution in [3.8, 4) is 0 Å². The molecule has 0 aromatic carbocycles. The molecule has 20 heavy (non-hydrogen) atoms. The Hall–Kier alpha value is -0.480. The summed E-state index contributed by atoms with van der Waals surface area (Å²) in [5.74, 6) is 2.59. The van der Waals surface area contributed by atoms with Crippen LogP contribution in [0.3, 0.4) is 0 Å². The van der Waals surface area contributed by atoms with E-state index in [1.54, 1.807) is 0 Å². The molecule has 114 valence electrons. The van der Waals surface area contributed by atoms with Crippen LogP contribution in [-0.4, -0.2) is 33.1 Å². The van der Waals surface area contributed by atoms with Crippen molar-refractivity contribution in [1.29, 1.82) is 0 Å². The number of nitrogens with zero attached hydrogens (tertiary/aromatic N) is 2. The largest absolute Gasteiger partial charge is 0.335 e. The minimum absolute atomic E-state index is 0.582. The molecule has 1 fully saturated rings. The second-order valence-electron chi connectivity index (χ2n) is 5.71. The van der Waals surface area contributed by atoms with Crippen LogP contribution >= 0.6 is 11.8 Å². The van der Waals surface area contributed by atoms with Crippen LogP contribution in [0.1, 0.15) is 51.8 Å². The Morgan fingerprint density at radius 1 is 1.40 bits per heavy atom. The van der Waals surface area contributed by atoms with Gasteiger partial charge in [0.1, 0.15) is 5.82 Å². The van der Waals surface area contributed by atoms with Gasteiger partial charge in [-0.2, -0.15) is 11.8 Å². The number of hydrogen-bond donors (Lipinski definition) is 1. The molecule has 2 heterocycles. The lowest BCUT2D eigenvalue weighted by molar-refractivity contribution is 0.446. The van der Waals surface area contributed by atoms with E-state index in [0.717, 1.165) is 24.8 Å². The molecule has 0 radical (unpaired) electrons. The Morgan fingerprint density at radius 3 is 3.00 bits per heavy atom. The normalized spacial score (nSPS) is 21.0. The third-order valence-corrected chi connectivity index (χ3v) is 5.51. The van der Waals surface area contributed by atoms with Crippen LogP contribution in [0.5, 0.6) is 0 Å². The third-order valence-electron chi connectivity index (χ3n) is 3.99. The maximum absolute atomic E-state index is 4.59. The molecule has 0 spiro atoms. The van der Waals surface area contributed by atoms with Crippen LogP contribution in [0, 0.1) is 0 Å². The van der Waals surface area contributed by atoms with Gasteiger partial charge in [-0.15, -0.1) is 0 Å². The molecule has 3 nitrogen and oxygen atoms in total. The number of aromatic nitrogens is 2. The Bertz CT molecular complexity index is 372. The summed E-state index contributed by atoms with van der Waals surface area (Å²) in [6, 6.07) is 0.582. The zero-order valence-corrected chi connectivity index (χ0v) is 13.8. The Labute approximate surface area is 127 Å². The van der Waals surface area contributed by atoms with Crippen molar-refractivity contribution in [3.63, 3.8) is 0 Å². The fraction of sp³-hybridized carbons (Fsp3) is 0.812. The molecular formula is C16H29N3S. The highest BCUT2D eigenvalue weighted by atomic mass is 32.2. The lowest BCUT2D eigenvalue weighted by atomic mass is 10.0. The summed E-state index contributed by atoms with van der Waals surface area (Å²) >= 11 is 2.16. The average Bonchev–Trinajstić information content (AvgIpc) is 2.92. The summed E-state index contributed by atoms with van der Waals surface area (Å²) in [7, 11) is 0. The molecular weight excluding hydrogens is 266 g/mol. The van der Waals surface area contributed by atoms with Crippen LogP contribution in [-0.2, 0) is 13.0 Å². The van der Waals surface area contributed by atoms with Crippen molar-refractivity contribution < 1.29 is 0 Å². The van der Waals surface area contributed by atoms with Crippen LogP contribution < -0.4 is 5.32 Å². The summed E-state index contributed by atoms with van der Waals surface area (Å²) in [4.78, 5) is 4.59. The molecule has 4 heteroatoms. The molecule has 2 rings (SSSR count). The minimum atomic E-state index is 0.582. The lowest BCUT2D eigenvalue weighted by Gasteiger charge is -2.30. The Morgan fingerprint density at radius 2 is 2.30 bits per heavy atom. The summed E-state index contributed by atoms with van der Waals surface area (Å²) in [5.41, 5.74) is 0. The van der Waals surface area contributed by atoms with Gasteiger partial charge in [0.25, 0.3) is 0 Å². The zero-order chi connectivity index (χ0) is 14.2. The monoisotopic (exact) mass is 295 g/mol. The summed E-state index contributed by atoms with van der Waals surface area (Å²) in [6.45, 7) is 6.69. The van der Waals surface area contributed by atoms with Gasteiger partial charge in [-0.1, -0.05) is 20.3 Å². The summed E-state index contributed by atoms with van der Waals surface area (Å²) < 4.78 is 2.33. The molecule has 0 amide bonds. The maximum Gasteiger partial charge on any atom is 0.110 e. The first-order valence-corrected chi connectivity index (χ1v) is 9.25. The summed E-state index contributed by atoms with van der Waals surface area (Å²) in [5, 5.41) is 4.54. The van der Waals surface area contributed by atoms with Crippen LogP contribution in [0.4, 0.5) is 0 Å². The molecule has 2 atom stereocenters. The maximum atomic E-state index is 4.59. The van der Waals surface area contributed by atoms with Crippen LogP contribution in [0.25, 0.3) is 0 Å². The van der Waals surface area contributed by atoms with E-state index < -0.39 is 0 Å². The van der Waals surface area contributed by atoms with Crippen molar-refractivity contribution in [2.45, 2.75) is 70.2 Å². The van der Waals surface area contributed by atoms with Crippen molar-refractivity contribution in [2.75, 3.05) is 12.3 Å². The van der Waals surface area contributed by atoms with E-state index in [2.05, 4.69) is 46.7 Å². The standard InChI is InChI=1S/C16H29N3S/c1-3-8-17-14(15-7-5-6-12-20-15)13-16-18-9-11-19(16)10-4-2/h9,11,14-15,17H,3-8,10,12-13H2,1-2H3. The highest BCUT2D eigenvalue weighted by Crippen LogP contribution is 2.28. The van der Waals surface area contributed by atoms with E-state index in [1.165, 1.54) is 43.7 Å². The molecule has 1 N–H and O–H groups in total. The topological polar surface area (TPSA) is 29.9 Å². The fourth-order valence-corrected chi connectivity index (χ4v) is 4.35. The number of rotatable bonds is 8. The van der Waals surface area contributed by atoms with Crippen molar-refractivity contribution in [3.05, 3.63) is 18.2 Å². The van der Waals surface area contributed by atoms with Gasteiger partial charge in [0.15, 0.2) is 0 Å². The highest BCUT2D eigenvalue weighted by Gasteiger charge is 2.25. The van der Waals surface area contributed by atoms with Gasteiger partial charge in [-0.25, -0.2) is 4.98 Å². The molecule has 1 saturated heterocycles. The van der Waals surface area contributed by atoms with Gasteiger partial charge < -0.3 is 9.88 Å².